The fraction of sp³-hybridized carbons (Fsp3) is 0.226. The van der Waals surface area contributed by atoms with Gasteiger partial charge in [-0.1, -0.05) is 36.4 Å². The number of hydrogen-bond donors (Lipinski definition) is 4. The van der Waals surface area contributed by atoms with E-state index in [0.717, 1.165) is 5.56 Å². The number of ether oxygens (including phenoxy) is 2. The van der Waals surface area contributed by atoms with Crippen LogP contribution in [-0.2, 0) is 37.8 Å². The summed E-state index contributed by atoms with van der Waals surface area (Å²) in [5.74, 6) is -0.538. The molecule has 0 spiro atoms. The average molecular weight is 635 g/mol. The third kappa shape index (κ3) is 8.90. The largest absolute Gasteiger partial charge is 0.495 e. The fourth-order valence-corrected chi connectivity index (χ4v) is 5.59. The topological polar surface area (TPSA) is 170 Å². The number of carbonyl (C=O) groups is 3. The van der Waals surface area contributed by atoms with Crippen LogP contribution in [-0.4, -0.2) is 50.1 Å². The lowest BCUT2D eigenvalue weighted by molar-refractivity contribution is -0.141. The molecule has 1 aromatic heterocycles. The van der Waals surface area contributed by atoms with Crippen molar-refractivity contribution in [2.24, 2.45) is 7.05 Å². The summed E-state index contributed by atoms with van der Waals surface area (Å²) in [6, 6.07) is 17.5. The van der Waals surface area contributed by atoms with E-state index < -0.39 is 28.1 Å². The van der Waals surface area contributed by atoms with Gasteiger partial charge in [0.1, 0.15) is 5.75 Å². The van der Waals surface area contributed by atoms with E-state index in [2.05, 4.69) is 25.7 Å². The molecular weight excluding hydrogens is 600 g/mol. The number of benzene rings is 3. The molecule has 0 aliphatic rings. The molecule has 45 heavy (non-hydrogen) atoms. The molecule has 14 heteroatoms. The highest BCUT2D eigenvalue weighted by Crippen LogP contribution is 2.27. The SMILES string of the molecule is COC(=O)C[C@@H](NS(=O)(=O)c1cn(C)cn1)c1ccc(NC(=O)Cc2ccc(NC(=O)Nc3ccccc3C)c(OC)c2)cc1. The number of anilines is 3. The molecule has 3 amide bonds. The second-order valence-corrected chi connectivity index (χ2v) is 11.8. The molecule has 0 aliphatic heterocycles. The van der Waals surface area contributed by atoms with Gasteiger partial charge in [0.05, 0.1) is 45.1 Å². The van der Waals surface area contributed by atoms with Crippen LogP contribution in [0.4, 0.5) is 21.9 Å². The van der Waals surface area contributed by atoms with Crippen LogP contribution >= 0.6 is 0 Å². The number of imidazole rings is 1. The quantitative estimate of drug-likeness (QED) is 0.169. The van der Waals surface area contributed by atoms with E-state index in [1.807, 2.05) is 25.1 Å². The lowest BCUT2D eigenvalue weighted by atomic mass is 10.0. The molecular formula is C31H34N6O7S. The van der Waals surface area contributed by atoms with Gasteiger partial charge in [0.2, 0.25) is 5.91 Å². The predicted octanol–water partition coefficient (Wildman–Crippen LogP) is 4.15. The number of rotatable bonds is 12. The summed E-state index contributed by atoms with van der Waals surface area (Å²) in [5.41, 5.74) is 3.63. The fourth-order valence-electron chi connectivity index (χ4n) is 4.38. The summed E-state index contributed by atoms with van der Waals surface area (Å²) >= 11 is 0. The standard InChI is InChI=1S/C31H34N6O7S/c1-20-7-5-6-8-24(20)34-31(40)35-25-14-9-21(15-27(25)43-3)16-28(38)33-23-12-10-22(11-13-23)26(17-30(39)44-4)36-45(41,42)29-18-37(2)19-32-29/h5-15,18-19,26,36H,16-17H2,1-4H3,(H,33,38)(H2,34,35,40)/t26-/m1/s1. The Balaban J connectivity index is 1.39. The van der Waals surface area contributed by atoms with Crippen LogP contribution < -0.4 is 25.4 Å². The summed E-state index contributed by atoms with van der Waals surface area (Å²) in [4.78, 5) is 41.3. The molecule has 4 N–H and O–H groups in total. The number of amides is 3. The van der Waals surface area contributed by atoms with Crippen LogP contribution in [0, 0.1) is 6.92 Å². The number of nitrogens with zero attached hydrogens (tertiary/aromatic N) is 2. The van der Waals surface area contributed by atoms with E-state index in [1.165, 1.54) is 31.3 Å². The van der Waals surface area contributed by atoms with Crippen LogP contribution in [0.2, 0.25) is 0 Å². The maximum Gasteiger partial charge on any atom is 0.323 e. The van der Waals surface area contributed by atoms with E-state index in [1.54, 1.807) is 55.6 Å². The van der Waals surface area contributed by atoms with Crippen molar-refractivity contribution < 1.29 is 32.3 Å². The second-order valence-electron chi connectivity index (χ2n) is 10.1. The molecule has 4 aromatic rings. The van der Waals surface area contributed by atoms with Gasteiger partial charge in [0.25, 0.3) is 10.0 Å². The molecule has 1 heterocycles. The lowest BCUT2D eigenvalue weighted by Gasteiger charge is -2.18. The van der Waals surface area contributed by atoms with Gasteiger partial charge in [-0.25, -0.2) is 22.9 Å². The van der Waals surface area contributed by atoms with Gasteiger partial charge in [0.15, 0.2) is 5.03 Å². The number of urea groups is 1. The van der Waals surface area contributed by atoms with Gasteiger partial charge in [-0.05, 0) is 53.9 Å². The number of aryl methyl sites for hydroxylation is 2. The molecule has 0 unspecified atom stereocenters. The molecule has 1 atom stereocenters. The van der Waals surface area contributed by atoms with E-state index in [-0.39, 0.29) is 23.8 Å². The van der Waals surface area contributed by atoms with Crippen molar-refractivity contribution in [2.75, 3.05) is 30.2 Å². The maximum absolute atomic E-state index is 12.9. The van der Waals surface area contributed by atoms with E-state index >= 15 is 0 Å². The van der Waals surface area contributed by atoms with Crippen LogP contribution in [0.25, 0.3) is 0 Å². The number of carbonyl (C=O) groups excluding carboxylic acids is 3. The van der Waals surface area contributed by atoms with E-state index in [9.17, 15) is 22.8 Å². The summed E-state index contributed by atoms with van der Waals surface area (Å²) < 4.78 is 39.9. The van der Waals surface area contributed by atoms with Crippen LogP contribution in [0.3, 0.4) is 0 Å². The highest BCUT2D eigenvalue weighted by molar-refractivity contribution is 7.89. The molecule has 13 nitrogen and oxygen atoms in total. The Morgan fingerprint density at radius 3 is 2.29 bits per heavy atom. The van der Waals surface area contributed by atoms with Gasteiger partial charge in [-0.3, -0.25) is 9.59 Å². The maximum atomic E-state index is 12.9. The first-order valence-corrected chi connectivity index (χ1v) is 15.2. The highest BCUT2D eigenvalue weighted by Gasteiger charge is 2.26. The van der Waals surface area contributed by atoms with Crippen LogP contribution in [0.5, 0.6) is 5.75 Å². The Kier molecular flexibility index (Phi) is 10.5. The van der Waals surface area contributed by atoms with Crippen molar-refractivity contribution in [3.8, 4) is 5.75 Å². The minimum atomic E-state index is -4.03. The molecule has 0 aliphatic carbocycles. The smallest absolute Gasteiger partial charge is 0.323 e. The van der Waals surface area contributed by atoms with Gasteiger partial charge in [-0.15, -0.1) is 0 Å². The molecule has 0 radical (unpaired) electrons. The van der Waals surface area contributed by atoms with Gasteiger partial charge < -0.3 is 30.0 Å². The minimum absolute atomic E-state index is 0.0165. The van der Waals surface area contributed by atoms with Crippen LogP contribution in [0.1, 0.15) is 29.2 Å². The molecule has 0 bridgehead atoms. The first kappa shape index (κ1) is 32.7. The summed E-state index contributed by atoms with van der Waals surface area (Å²) in [5, 5.41) is 8.17. The first-order chi connectivity index (χ1) is 21.5. The van der Waals surface area contributed by atoms with Crippen molar-refractivity contribution in [1.82, 2.24) is 14.3 Å². The Morgan fingerprint density at radius 1 is 0.933 bits per heavy atom. The van der Waals surface area contributed by atoms with Gasteiger partial charge in [0, 0.05) is 24.6 Å². The highest BCUT2D eigenvalue weighted by atomic mass is 32.2. The van der Waals surface area contributed by atoms with E-state index in [4.69, 9.17) is 9.47 Å². The van der Waals surface area contributed by atoms with Gasteiger partial charge >= 0.3 is 12.0 Å². The zero-order chi connectivity index (χ0) is 32.6. The lowest BCUT2D eigenvalue weighted by Crippen LogP contribution is -2.31. The minimum Gasteiger partial charge on any atom is -0.495 e. The van der Waals surface area contributed by atoms with Crippen LogP contribution in [0.15, 0.2) is 84.3 Å². The van der Waals surface area contributed by atoms with Crippen molar-refractivity contribution in [2.45, 2.75) is 30.8 Å². The zero-order valence-electron chi connectivity index (χ0n) is 25.2. The number of sulfonamides is 1. The summed E-state index contributed by atoms with van der Waals surface area (Å²) in [6.07, 6.45) is 2.46. The summed E-state index contributed by atoms with van der Waals surface area (Å²) in [6.45, 7) is 1.89. The molecule has 236 valence electrons. The number of hydrogen-bond acceptors (Lipinski definition) is 8. The normalized spacial score (nSPS) is 11.7. The second kappa shape index (κ2) is 14.5. The molecule has 0 saturated heterocycles. The van der Waals surface area contributed by atoms with Crippen molar-refractivity contribution in [3.63, 3.8) is 0 Å². The number of para-hydroxylation sites is 1. The van der Waals surface area contributed by atoms with Crippen molar-refractivity contribution in [1.29, 1.82) is 0 Å². The summed E-state index contributed by atoms with van der Waals surface area (Å²) in [7, 11) is 0.293. The predicted molar refractivity (Wildman–Crippen MR) is 168 cm³/mol. The third-order valence-electron chi connectivity index (χ3n) is 6.72. The monoisotopic (exact) mass is 634 g/mol. The molecule has 0 saturated carbocycles. The Hall–Kier alpha value is -5.21. The molecule has 4 rings (SSSR count). The van der Waals surface area contributed by atoms with Crippen molar-refractivity contribution >= 4 is 45.0 Å². The number of aromatic nitrogens is 2. The first-order valence-electron chi connectivity index (χ1n) is 13.7. The van der Waals surface area contributed by atoms with Gasteiger partial charge in [-0.2, -0.15) is 0 Å². The number of methoxy groups -OCH3 is 2. The number of esters is 1. The zero-order valence-corrected chi connectivity index (χ0v) is 26.0. The number of nitrogens with one attached hydrogen (secondary N) is 4. The molecule has 3 aromatic carbocycles. The Labute approximate surface area is 261 Å². The third-order valence-corrected chi connectivity index (χ3v) is 8.08. The van der Waals surface area contributed by atoms with E-state index in [0.29, 0.717) is 33.9 Å². The molecule has 0 fully saturated rings. The Bertz CT molecular complexity index is 1790. The van der Waals surface area contributed by atoms with Crippen molar-refractivity contribution in [3.05, 3.63) is 95.9 Å². The average Bonchev–Trinajstić information content (AvgIpc) is 3.46. The Morgan fingerprint density at radius 2 is 1.64 bits per heavy atom.